The van der Waals surface area contributed by atoms with E-state index in [4.69, 9.17) is 10.2 Å². The molecule has 0 spiro atoms. The van der Waals surface area contributed by atoms with Crippen LogP contribution in [0.1, 0.15) is 10.5 Å². The average molecular weight is 393 g/mol. The number of β-amino-alcohol motifs (C(OH)–C–C–N with tert-alkyl or cyclic N) is 1. The highest BCUT2D eigenvalue weighted by molar-refractivity contribution is 6.17. The smallest absolute Gasteiger partial charge is 0.356 e. The number of aliphatic hydroxyl groups excluding tert-OH is 1. The Morgan fingerprint density at radius 3 is 2.76 bits per heavy atom. The van der Waals surface area contributed by atoms with Gasteiger partial charge in [-0.2, -0.15) is 5.10 Å². The van der Waals surface area contributed by atoms with E-state index in [9.17, 15) is 14.4 Å². The van der Waals surface area contributed by atoms with Crippen molar-refractivity contribution in [2.75, 3.05) is 18.5 Å². The minimum atomic E-state index is -1.15. The van der Waals surface area contributed by atoms with Gasteiger partial charge in [-0.25, -0.2) is 14.3 Å². The molecule has 10 heteroatoms. The molecule has 10 nitrogen and oxygen atoms in total. The van der Waals surface area contributed by atoms with E-state index >= 15 is 0 Å². The fourth-order valence-corrected chi connectivity index (χ4v) is 3.04. The van der Waals surface area contributed by atoms with Gasteiger partial charge in [0.15, 0.2) is 11.3 Å². The molecule has 0 radical (unpaired) electrons. The Hall–Kier alpha value is -4.05. The molecule has 29 heavy (non-hydrogen) atoms. The van der Waals surface area contributed by atoms with Crippen LogP contribution in [0.3, 0.4) is 0 Å². The summed E-state index contributed by atoms with van der Waals surface area (Å²) >= 11 is 0. The van der Waals surface area contributed by atoms with Crippen molar-refractivity contribution in [3.8, 4) is 11.3 Å². The SMILES string of the molecule is O=C(O)c1cc2nccc(-c3cccc(NC4=CC(=O)N(CCO)C4=O)c3)n2n1. The summed E-state index contributed by atoms with van der Waals surface area (Å²) in [5.74, 6) is -2.16. The number of nitrogens with one attached hydrogen (secondary N) is 1. The van der Waals surface area contributed by atoms with Gasteiger partial charge in [0.25, 0.3) is 11.8 Å². The molecule has 0 atom stereocenters. The van der Waals surface area contributed by atoms with Gasteiger partial charge in [0.2, 0.25) is 0 Å². The second-order valence-electron chi connectivity index (χ2n) is 6.22. The van der Waals surface area contributed by atoms with Crippen LogP contribution in [0.25, 0.3) is 16.9 Å². The van der Waals surface area contributed by atoms with Crippen LogP contribution < -0.4 is 5.32 Å². The summed E-state index contributed by atoms with van der Waals surface area (Å²) in [6, 6.07) is 10.1. The maximum atomic E-state index is 12.3. The van der Waals surface area contributed by atoms with Crippen molar-refractivity contribution in [2.45, 2.75) is 0 Å². The normalized spacial score (nSPS) is 13.8. The molecule has 1 aliphatic rings. The minimum Gasteiger partial charge on any atom is -0.476 e. The van der Waals surface area contributed by atoms with E-state index in [0.29, 0.717) is 22.6 Å². The number of aliphatic hydroxyl groups is 1. The molecule has 3 heterocycles. The van der Waals surface area contributed by atoms with Crippen molar-refractivity contribution < 1.29 is 24.6 Å². The highest BCUT2D eigenvalue weighted by Gasteiger charge is 2.30. The van der Waals surface area contributed by atoms with Gasteiger partial charge in [0.1, 0.15) is 5.70 Å². The quantitative estimate of drug-likeness (QED) is 0.522. The largest absolute Gasteiger partial charge is 0.476 e. The van der Waals surface area contributed by atoms with Crippen molar-refractivity contribution in [3.05, 3.63) is 60.1 Å². The molecule has 4 rings (SSSR count). The summed E-state index contributed by atoms with van der Waals surface area (Å²) < 4.78 is 1.43. The number of hydrogen-bond acceptors (Lipinski definition) is 7. The fourth-order valence-electron chi connectivity index (χ4n) is 3.04. The van der Waals surface area contributed by atoms with E-state index in [2.05, 4.69) is 15.4 Å². The van der Waals surface area contributed by atoms with E-state index < -0.39 is 17.8 Å². The Morgan fingerprint density at radius 2 is 2.00 bits per heavy atom. The number of carboxylic acids is 1. The number of amides is 2. The topological polar surface area (TPSA) is 137 Å². The number of nitrogens with zero attached hydrogens (tertiary/aromatic N) is 4. The van der Waals surface area contributed by atoms with Crippen molar-refractivity contribution in [2.24, 2.45) is 0 Å². The van der Waals surface area contributed by atoms with Crippen LogP contribution in [0.15, 0.2) is 54.4 Å². The van der Waals surface area contributed by atoms with E-state index in [1.807, 2.05) is 0 Å². The van der Waals surface area contributed by atoms with Gasteiger partial charge in [-0.15, -0.1) is 0 Å². The first kappa shape index (κ1) is 18.3. The van der Waals surface area contributed by atoms with E-state index in [-0.39, 0.29) is 24.5 Å². The van der Waals surface area contributed by atoms with Crippen LogP contribution in [0.5, 0.6) is 0 Å². The van der Waals surface area contributed by atoms with Crippen LogP contribution in [0.2, 0.25) is 0 Å². The molecule has 2 amide bonds. The first-order valence-corrected chi connectivity index (χ1v) is 8.62. The van der Waals surface area contributed by atoms with Crippen molar-refractivity contribution in [1.29, 1.82) is 0 Å². The molecular formula is C19H15N5O5. The highest BCUT2D eigenvalue weighted by Crippen LogP contribution is 2.25. The first-order valence-electron chi connectivity index (χ1n) is 8.62. The second-order valence-corrected chi connectivity index (χ2v) is 6.22. The molecule has 3 N–H and O–H groups in total. The third kappa shape index (κ3) is 3.32. The number of hydrogen-bond donors (Lipinski definition) is 3. The van der Waals surface area contributed by atoms with E-state index in [1.165, 1.54) is 16.7 Å². The number of benzene rings is 1. The summed E-state index contributed by atoms with van der Waals surface area (Å²) in [7, 11) is 0. The number of fused-ring (bicyclic) bond motifs is 1. The second kappa shape index (κ2) is 7.17. The number of aromatic nitrogens is 3. The zero-order valence-electron chi connectivity index (χ0n) is 14.9. The number of aromatic carboxylic acids is 1. The summed E-state index contributed by atoms with van der Waals surface area (Å²) in [6.45, 7) is -0.381. The molecule has 0 aliphatic carbocycles. The molecule has 146 valence electrons. The number of carboxylic acid groups (broad SMARTS) is 1. The van der Waals surface area contributed by atoms with Gasteiger partial charge in [-0.05, 0) is 18.2 Å². The van der Waals surface area contributed by atoms with Gasteiger partial charge >= 0.3 is 5.97 Å². The Kier molecular flexibility index (Phi) is 4.53. The third-order valence-electron chi connectivity index (χ3n) is 4.35. The number of rotatable bonds is 6. The van der Waals surface area contributed by atoms with Crippen LogP contribution in [0.4, 0.5) is 5.69 Å². The lowest BCUT2D eigenvalue weighted by atomic mass is 10.1. The molecule has 0 saturated carbocycles. The van der Waals surface area contributed by atoms with E-state index in [1.54, 1.807) is 36.5 Å². The fraction of sp³-hybridized carbons (Fsp3) is 0.105. The van der Waals surface area contributed by atoms with E-state index in [0.717, 1.165) is 4.90 Å². The molecule has 1 aromatic carbocycles. The predicted octanol–water partition coefficient (Wildman–Crippen LogP) is 0.751. The van der Waals surface area contributed by atoms with Crippen LogP contribution in [0, 0.1) is 0 Å². The zero-order chi connectivity index (χ0) is 20.5. The molecular weight excluding hydrogens is 378 g/mol. The Balaban J connectivity index is 1.66. The molecule has 3 aromatic rings. The maximum Gasteiger partial charge on any atom is 0.356 e. The molecule has 0 bridgehead atoms. The van der Waals surface area contributed by atoms with Crippen LogP contribution in [-0.2, 0) is 9.59 Å². The summed E-state index contributed by atoms with van der Waals surface area (Å²) in [5, 5.41) is 25.1. The number of carbonyl (C=O) groups is 3. The summed E-state index contributed by atoms with van der Waals surface area (Å²) in [6.07, 6.45) is 2.73. The highest BCUT2D eigenvalue weighted by atomic mass is 16.4. The first-order chi connectivity index (χ1) is 14.0. The lowest BCUT2D eigenvalue weighted by molar-refractivity contribution is -0.137. The molecule has 2 aromatic heterocycles. The van der Waals surface area contributed by atoms with Crippen molar-refractivity contribution in [3.63, 3.8) is 0 Å². The van der Waals surface area contributed by atoms with Crippen molar-refractivity contribution in [1.82, 2.24) is 19.5 Å². The third-order valence-corrected chi connectivity index (χ3v) is 4.35. The number of carbonyl (C=O) groups excluding carboxylic acids is 2. The predicted molar refractivity (Wildman–Crippen MR) is 101 cm³/mol. The maximum absolute atomic E-state index is 12.3. The Morgan fingerprint density at radius 1 is 1.17 bits per heavy atom. The van der Waals surface area contributed by atoms with Gasteiger partial charge in [0.05, 0.1) is 18.8 Å². The van der Waals surface area contributed by atoms with Crippen molar-refractivity contribution >= 4 is 29.1 Å². The van der Waals surface area contributed by atoms with Gasteiger partial charge in [-0.3, -0.25) is 14.5 Å². The monoisotopic (exact) mass is 393 g/mol. The van der Waals surface area contributed by atoms with Gasteiger partial charge < -0.3 is 15.5 Å². The molecule has 0 saturated heterocycles. The van der Waals surface area contributed by atoms with Crippen LogP contribution >= 0.6 is 0 Å². The molecule has 0 fully saturated rings. The standard InChI is InChI=1S/C19H15N5O5/c25-7-6-23-17(26)10-13(18(23)27)21-12-3-1-2-11(8-12)15-4-5-20-16-9-14(19(28)29)22-24(15)16/h1-5,8-10,21,25H,6-7H2,(H,28,29). The lowest BCUT2D eigenvalue weighted by Crippen LogP contribution is -2.34. The van der Waals surface area contributed by atoms with Crippen LogP contribution in [-0.4, -0.2) is 60.6 Å². The average Bonchev–Trinajstić information content (AvgIpc) is 3.25. The Labute approximate surface area is 163 Å². The van der Waals surface area contributed by atoms with Gasteiger partial charge in [-0.1, -0.05) is 12.1 Å². The lowest BCUT2D eigenvalue weighted by Gasteiger charge is -2.14. The summed E-state index contributed by atoms with van der Waals surface area (Å²) in [4.78, 5) is 40.4. The van der Waals surface area contributed by atoms with Gasteiger partial charge in [0, 0.05) is 29.6 Å². The summed E-state index contributed by atoms with van der Waals surface area (Å²) in [5.41, 5.74) is 2.23. The zero-order valence-corrected chi connectivity index (χ0v) is 14.9. The Bertz CT molecular complexity index is 1180. The number of anilines is 1. The molecule has 0 unspecified atom stereocenters. The molecule has 1 aliphatic heterocycles. The number of imide groups is 1. The minimum absolute atomic E-state index is 0.0698.